The van der Waals surface area contributed by atoms with E-state index in [9.17, 15) is 5.26 Å². The van der Waals surface area contributed by atoms with Crippen LogP contribution in [-0.4, -0.2) is 0 Å². The first-order valence-corrected chi connectivity index (χ1v) is 13.8. The van der Waals surface area contributed by atoms with E-state index in [1.54, 1.807) is 16.2 Å². The summed E-state index contributed by atoms with van der Waals surface area (Å²) >= 11 is 3.71. The number of hydrogen-bond acceptors (Lipinski definition) is 3. The van der Waals surface area contributed by atoms with E-state index in [2.05, 4.69) is 25.1 Å². The van der Waals surface area contributed by atoms with Gasteiger partial charge in [0.05, 0.1) is 0 Å². The highest BCUT2D eigenvalue weighted by atomic mass is 32.1. The van der Waals surface area contributed by atoms with Crippen LogP contribution >= 0.6 is 22.7 Å². The van der Waals surface area contributed by atoms with Gasteiger partial charge >= 0.3 is 0 Å². The Morgan fingerprint density at radius 2 is 1.66 bits per heavy atom. The first-order chi connectivity index (χ1) is 14.2. The molecule has 2 aromatic rings. The van der Waals surface area contributed by atoms with Crippen LogP contribution in [0, 0.1) is 23.2 Å². The smallest absolute Gasteiger partial charge is 0.110 e. The van der Waals surface area contributed by atoms with E-state index in [1.807, 2.05) is 11.3 Å². The third kappa shape index (κ3) is 4.75. The number of nitrogens with zero attached hydrogens (tertiary/aromatic N) is 1. The fourth-order valence-corrected chi connectivity index (χ4v) is 8.73. The maximum atomic E-state index is 9.22. The minimum Gasteiger partial charge on any atom is -0.192 e. The number of fused-ring (bicyclic) bond motifs is 1. The van der Waals surface area contributed by atoms with E-state index >= 15 is 0 Å². The fraction of sp³-hybridized carbons (Fsp3) is 0.731. The monoisotopic (exact) mass is 427 g/mol. The van der Waals surface area contributed by atoms with Gasteiger partial charge in [0.15, 0.2) is 0 Å². The summed E-state index contributed by atoms with van der Waals surface area (Å²) in [5.74, 6) is 1.89. The zero-order valence-electron chi connectivity index (χ0n) is 18.2. The van der Waals surface area contributed by atoms with Crippen LogP contribution in [-0.2, 0) is 5.41 Å². The van der Waals surface area contributed by atoms with Crippen molar-refractivity contribution in [3.8, 4) is 6.07 Å². The molecule has 0 spiro atoms. The molecule has 2 heterocycles. The highest BCUT2D eigenvalue weighted by Crippen LogP contribution is 2.54. The van der Waals surface area contributed by atoms with Crippen LogP contribution in [0.5, 0.6) is 0 Å². The summed E-state index contributed by atoms with van der Waals surface area (Å²) in [6.07, 6.45) is 21.5. The van der Waals surface area contributed by atoms with Crippen LogP contribution in [0.2, 0.25) is 0 Å². The second kappa shape index (κ2) is 9.97. The summed E-state index contributed by atoms with van der Waals surface area (Å²) in [6.45, 7) is 2.31. The van der Waals surface area contributed by atoms with Crippen molar-refractivity contribution in [2.75, 3.05) is 0 Å². The van der Waals surface area contributed by atoms with Gasteiger partial charge in [0.25, 0.3) is 0 Å². The highest BCUT2D eigenvalue weighted by molar-refractivity contribution is 7.28. The summed E-state index contributed by atoms with van der Waals surface area (Å²) in [5.41, 5.74) is 0.445. The molecule has 0 radical (unpaired) electrons. The first kappa shape index (κ1) is 21.4. The Labute approximate surface area is 185 Å². The van der Waals surface area contributed by atoms with Gasteiger partial charge in [-0.05, 0) is 49.7 Å². The highest BCUT2D eigenvalue weighted by Gasteiger charge is 2.43. The molecule has 0 aromatic carbocycles. The van der Waals surface area contributed by atoms with E-state index in [4.69, 9.17) is 0 Å². The van der Waals surface area contributed by atoms with Crippen molar-refractivity contribution in [3.05, 3.63) is 21.9 Å². The Bertz CT molecular complexity index is 778. The van der Waals surface area contributed by atoms with Gasteiger partial charge in [0.2, 0.25) is 0 Å². The van der Waals surface area contributed by atoms with Crippen molar-refractivity contribution in [3.63, 3.8) is 0 Å². The molecule has 2 aliphatic carbocycles. The van der Waals surface area contributed by atoms with Gasteiger partial charge in [-0.25, -0.2) is 0 Å². The van der Waals surface area contributed by atoms with Crippen LogP contribution in [0.15, 0.2) is 12.1 Å². The van der Waals surface area contributed by atoms with Gasteiger partial charge < -0.3 is 0 Å². The lowest BCUT2D eigenvalue weighted by Gasteiger charge is -2.46. The molecule has 3 heteroatoms. The maximum Gasteiger partial charge on any atom is 0.110 e. The molecule has 0 bridgehead atoms. The van der Waals surface area contributed by atoms with E-state index in [1.165, 1.54) is 106 Å². The Hall–Kier alpha value is -0.850. The van der Waals surface area contributed by atoms with Crippen molar-refractivity contribution < 1.29 is 0 Å². The van der Waals surface area contributed by atoms with Gasteiger partial charge in [-0.3, -0.25) is 0 Å². The first-order valence-electron chi connectivity index (χ1n) is 12.2. The molecular formula is C26H37NS2. The number of unbranched alkanes of at least 4 members (excludes halogenated alkanes) is 4. The predicted octanol–water partition coefficient (Wildman–Crippen LogP) is 9.20. The summed E-state index contributed by atoms with van der Waals surface area (Å²) in [4.78, 5) is 2.53. The largest absolute Gasteiger partial charge is 0.192 e. The minimum absolute atomic E-state index is 0.445. The van der Waals surface area contributed by atoms with Crippen LogP contribution in [0.25, 0.3) is 9.40 Å². The van der Waals surface area contributed by atoms with Gasteiger partial charge in [-0.15, -0.1) is 22.7 Å². The summed E-state index contributed by atoms with van der Waals surface area (Å²) in [6, 6.07) is 6.94. The third-order valence-electron chi connectivity index (χ3n) is 7.90. The topological polar surface area (TPSA) is 23.8 Å². The van der Waals surface area contributed by atoms with Gasteiger partial charge in [-0.2, -0.15) is 5.26 Å². The Morgan fingerprint density at radius 1 is 0.931 bits per heavy atom. The van der Waals surface area contributed by atoms with Crippen LogP contribution in [0.4, 0.5) is 0 Å². The summed E-state index contributed by atoms with van der Waals surface area (Å²) in [7, 11) is 0. The van der Waals surface area contributed by atoms with Crippen LogP contribution in [0.1, 0.15) is 113 Å². The Kier molecular flexibility index (Phi) is 7.35. The third-order valence-corrected chi connectivity index (χ3v) is 10.3. The van der Waals surface area contributed by atoms with Gasteiger partial charge in [0.1, 0.15) is 10.9 Å². The molecule has 29 heavy (non-hydrogen) atoms. The zero-order chi connectivity index (χ0) is 20.1. The standard InChI is InChI=1S/C26H37NS2/c1-2-3-4-5-7-10-20-11-13-21(14-12-20)26(15-8-6-9-16-26)25-18-24-23(29-25)17-22(19-27)28-24/h17-18,20-21H,2-16H2,1H3/t20-,21-. The normalized spacial score (nSPS) is 24.6. The lowest BCUT2D eigenvalue weighted by Crippen LogP contribution is -2.38. The van der Waals surface area contributed by atoms with E-state index in [0.29, 0.717) is 5.41 Å². The summed E-state index contributed by atoms with van der Waals surface area (Å²) in [5, 5.41) is 9.22. The number of hydrogen-bond donors (Lipinski definition) is 0. The second-order valence-corrected chi connectivity index (χ2v) is 11.9. The van der Waals surface area contributed by atoms with Gasteiger partial charge in [0, 0.05) is 19.7 Å². The molecular weight excluding hydrogens is 390 g/mol. The number of thiophene rings is 2. The second-order valence-electron chi connectivity index (χ2n) is 9.70. The lowest BCUT2D eigenvalue weighted by atomic mass is 9.60. The molecule has 2 aromatic heterocycles. The van der Waals surface area contributed by atoms with Crippen molar-refractivity contribution in [2.24, 2.45) is 11.8 Å². The Morgan fingerprint density at radius 3 is 2.34 bits per heavy atom. The number of rotatable bonds is 8. The van der Waals surface area contributed by atoms with Crippen molar-refractivity contribution >= 4 is 32.1 Å². The molecule has 1 nitrogen and oxygen atoms in total. The average Bonchev–Trinajstić information content (AvgIpc) is 3.34. The zero-order valence-corrected chi connectivity index (χ0v) is 19.8. The van der Waals surface area contributed by atoms with Gasteiger partial charge in [-0.1, -0.05) is 77.6 Å². The van der Waals surface area contributed by atoms with E-state index in [-0.39, 0.29) is 0 Å². The molecule has 2 fully saturated rings. The molecule has 158 valence electrons. The molecule has 0 atom stereocenters. The summed E-state index contributed by atoms with van der Waals surface area (Å²) < 4.78 is 2.71. The molecule has 0 unspecified atom stereocenters. The van der Waals surface area contributed by atoms with E-state index in [0.717, 1.165) is 16.7 Å². The molecule has 0 aliphatic heterocycles. The minimum atomic E-state index is 0.445. The average molecular weight is 428 g/mol. The fourth-order valence-electron chi connectivity index (χ4n) is 6.22. The molecule has 0 saturated heterocycles. The van der Waals surface area contributed by atoms with Crippen molar-refractivity contribution in [1.82, 2.24) is 0 Å². The lowest BCUT2D eigenvalue weighted by molar-refractivity contribution is 0.127. The van der Waals surface area contributed by atoms with E-state index < -0.39 is 0 Å². The molecule has 2 saturated carbocycles. The molecule has 0 amide bonds. The Balaban J connectivity index is 1.42. The molecule has 4 rings (SSSR count). The van der Waals surface area contributed by atoms with Crippen LogP contribution < -0.4 is 0 Å². The SMILES string of the molecule is CCCCCCC[C@H]1CC[C@H](C2(c3cc4sc(C#N)cc4s3)CCCCC2)CC1. The van der Waals surface area contributed by atoms with Crippen molar-refractivity contribution in [2.45, 2.75) is 109 Å². The quantitative estimate of drug-likeness (QED) is 0.385. The van der Waals surface area contributed by atoms with Crippen molar-refractivity contribution in [1.29, 1.82) is 5.26 Å². The predicted molar refractivity (Wildman–Crippen MR) is 128 cm³/mol. The number of nitriles is 1. The maximum absolute atomic E-state index is 9.22. The molecule has 2 aliphatic rings. The molecule has 0 N–H and O–H groups in total. The van der Waals surface area contributed by atoms with Crippen LogP contribution in [0.3, 0.4) is 0 Å².